The van der Waals surface area contributed by atoms with E-state index in [1.165, 1.54) is 29.9 Å². The lowest BCUT2D eigenvalue weighted by atomic mass is 10.1. The second kappa shape index (κ2) is 9.21. The lowest BCUT2D eigenvalue weighted by molar-refractivity contribution is -0.121. The van der Waals surface area contributed by atoms with Crippen LogP contribution in [0.3, 0.4) is 0 Å². The summed E-state index contributed by atoms with van der Waals surface area (Å²) in [6, 6.07) is 19.9. The average molecular weight is 456 g/mol. The highest BCUT2D eigenvalue weighted by molar-refractivity contribution is 7.91. The summed E-state index contributed by atoms with van der Waals surface area (Å²) in [6.45, 7) is 2.03. The molecule has 1 aromatic heterocycles. The van der Waals surface area contributed by atoms with Gasteiger partial charge in [0.05, 0.1) is 6.54 Å². The van der Waals surface area contributed by atoms with Crippen LogP contribution in [-0.4, -0.2) is 38.8 Å². The van der Waals surface area contributed by atoms with E-state index in [0.29, 0.717) is 6.54 Å². The molecule has 0 aliphatic carbocycles. The van der Waals surface area contributed by atoms with Gasteiger partial charge in [0.2, 0.25) is 5.91 Å². The van der Waals surface area contributed by atoms with E-state index in [9.17, 15) is 13.2 Å². The van der Waals surface area contributed by atoms with E-state index in [4.69, 9.17) is 0 Å². The van der Waals surface area contributed by atoms with Gasteiger partial charge in [-0.15, -0.1) is 11.3 Å². The Balaban J connectivity index is 1.28. The molecule has 0 bridgehead atoms. The third-order valence-electron chi connectivity index (χ3n) is 5.40. The number of amides is 1. The van der Waals surface area contributed by atoms with Gasteiger partial charge < -0.3 is 10.2 Å². The maximum Gasteiger partial charge on any atom is 0.252 e. The molecule has 0 saturated heterocycles. The van der Waals surface area contributed by atoms with Crippen molar-refractivity contribution in [1.29, 1.82) is 0 Å². The van der Waals surface area contributed by atoms with Crippen LogP contribution in [-0.2, 0) is 34.3 Å². The molecule has 3 aromatic rings. The summed E-state index contributed by atoms with van der Waals surface area (Å²) in [5, 5.41) is 4.50. The van der Waals surface area contributed by atoms with Crippen molar-refractivity contribution in [3.8, 4) is 0 Å². The van der Waals surface area contributed by atoms with Crippen LogP contribution in [0.2, 0.25) is 0 Å². The van der Waals surface area contributed by atoms with Crippen LogP contribution in [0.15, 0.2) is 70.3 Å². The lowest BCUT2D eigenvalue weighted by Gasteiger charge is -2.19. The largest absolute Gasteiger partial charge is 0.367 e. The van der Waals surface area contributed by atoms with E-state index in [1.54, 1.807) is 11.4 Å². The van der Waals surface area contributed by atoms with Crippen LogP contribution in [0, 0.1) is 0 Å². The summed E-state index contributed by atoms with van der Waals surface area (Å²) >= 11 is 1.14. The number of hydrogen-bond acceptors (Lipinski definition) is 5. The molecule has 0 atom stereocenters. The molecule has 0 radical (unpaired) electrons. The summed E-state index contributed by atoms with van der Waals surface area (Å²) in [4.78, 5) is 14.6. The predicted octanol–water partition coefficient (Wildman–Crippen LogP) is 3.25. The van der Waals surface area contributed by atoms with Crippen molar-refractivity contribution < 1.29 is 13.2 Å². The van der Waals surface area contributed by atoms with E-state index in [2.05, 4.69) is 46.6 Å². The molecule has 1 N–H and O–H groups in total. The molecular formula is C23H25N3O3S2. The summed E-state index contributed by atoms with van der Waals surface area (Å²) in [5.41, 5.74) is 4.89. The van der Waals surface area contributed by atoms with Gasteiger partial charge in [-0.3, -0.25) is 4.79 Å². The highest BCUT2D eigenvalue weighted by Crippen LogP contribution is 2.28. The van der Waals surface area contributed by atoms with Crippen molar-refractivity contribution in [1.82, 2.24) is 9.62 Å². The van der Waals surface area contributed by atoms with Crippen molar-refractivity contribution in [3.05, 3.63) is 82.7 Å². The number of hydrogen-bond donors (Lipinski definition) is 1. The Morgan fingerprint density at radius 1 is 1.06 bits per heavy atom. The fourth-order valence-electron chi connectivity index (χ4n) is 3.66. The minimum atomic E-state index is -3.63. The average Bonchev–Trinajstić information content (AvgIpc) is 3.44. The molecule has 1 aliphatic heterocycles. The first-order valence-corrected chi connectivity index (χ1v) is 12.4. The molecule has 8 heteroatoms. The van der Waals surface area contributed by atoms with Crippen LogP contribution in [0.25, 0.3) is 0 Å². The maximum atomic E-state index is 12.4. The SMILES string of the molecule is CN(CC(=O)NCc1ccc(CN2CCc3ccccc32)cc1)S(=O)(=O)c1cccs1. The number of carbonyl (C=O) groups is 1. The molecule has 31 heavy (non-hydrogen) atoms. The monoisotopic (exact) mass is 455 g/mol. The zero-order chi connectivity index (χ0) is 21.8. The molecule has 6 nitrogen and oxygen atoms in total. The molecule has 0 saturated carbocycles. The molecule has 1 amide bonds. The Labute approximate surface area is 187 Å². The van der Waals surface area contributed by atoms with Gasteiger partial charge in [-0.1, -0.05) is 48.5 Å². The molecule has 0 spiro atoms. The highest BCUT2D eigenvalue weighted by Gasteiger charge is 2.23. The number of sulfonamides is 1. The number of anilines is 1. The van der Waals surface area contributed by atoms with Crippen molar-refractivity contribution >= 4 is 33.0 Å². The fraction of sp³-hybridized carbons (Fsp3) is 0.261. The van der Waals surface area contributed by atoms with Gasteiger partial charge in [0.1, 0.15) is 4.21 Å². The fourth-order valence-corrected chi connectivity index (χ4v) is 5.99. The van der Waals surface area contributed by atoms with E-state index < -0.39 is 10.0 Å². The summed E-state index contributed by atoms with van der Waals surface area (Å²) < 4.78 is 26.1. The quantitative estimate of drug-likeness (QED) is 0.566. The topological polar surface area (TPSA) is 69.7 Å². The van der Waals surface area contributed by atoms with Crippen LogP contribution in [0.1, 0.15) is 16.7 Å². The van der Waals surface area contributed by atoms with Gasteiger partial charge in [0.25, 0.3) is 10.0 Å². The van der Waals surface area contributed by atoms with Crippen LogP contribution < -0.4 is 10.2 Å². The van der Waals surface area contributed by atoms with Gasteiger partial charge in [-0.2, -0.15) is 4.31 Å². The Hall–Kier alpha value is -2.68. The minimum absolute atomic E-state index is 0.216. The highest BCUT2D eigenvalue weighted by atomic mass is 32.2. The van der Waals surface area contributed by atoms with Gasteiger partial charge in [0.15, 0.2) is 0 Å². The van der Waals surface area contributed by atoms with Gasteiger partial charge in [0, 0.05) is 32.4 Å². The number of benzene rings is 2. The van der Waals surface area contributed by atoms with Crippen LogP contribution in [0.4, 0.5) is 5.69 Å². The first kappa shape index (κ1) is 21.5. The number of para-hydroxylation sites is 1. The Kier molecular flexibility index (Phi) is 6.41. The Morgan fingerprint density at radius 3 is 2.55 bits per heavy atom. The molecule has 4 rings (SSSR count). The lowest BCUT2D eigenvalue weighted by Crippen LogP contribution is -2.37. The summed E-state index contributed by atoms with van der Waals surface area (Å²) in [6.07, 6.45) is 1.08. The number of nitrogens with one attached hydrogen (secondary N) is 1. The molecule has 162 valence electrons. The van der Waals surface area contributed by atoms with Gasteiger partial charge in [-0.25, -0.2) is 8.42 Å². The third kappa shape index (κ3) is 4.98. The molecule has 0 fully saturated rings. The summed E-state index contributed by atoms with van der Waals surface area (Å²) in [7, 11) is -2.21. The molecule has 2 heterocycles. The second-order valence-electron chi connectivity index (χ2n) is 7.59. The smallest absolute Gasteiger partial charge is 0.252 e. The number of nitrogens with zero attached hydrogens (tertiary/aromatic N) is 2. The molecule has 0 unspecified atom stereocenters. The third-order valence-corrected chi connectivity index (χ3v) is 8.57. The zero-order valence-corrected chi connectivity index (χ0v) is 19.0. The van der Waals surface area contributed by atoms with E-state index in [1.807, 2.05) is 12.1 Å². The van der Waals surface area contributed by atoms with Gasteiger partial charge >= 0.3 is 0 Å². The Morgan fingerprint density at radius 2 is 1.81 bits per heavy atom. The van der Waals surface area contributed by atoms with E-state index >= 15 is 0 Å². The normalized spacial score (nSPS) is 13.4. The van der Waals surface area contributed by atoms with Crippen molar-refractivity contribution in [3.63, 3.8) is 0 Å². The van der Waals surface area contributed by atoms with Crippen molar-refractivity contribution in [2.75, 3.05) is 25.0 Å². The number of thiophene rings is 1. The molecule has 1 aliphatic rings. The number of likely N-dealkylation sites (N-methyl/N-ethyl adjacent to an activating group) is 1. The van der Waals surface area contributed by atoms with Crippen LogP contribution >= 0.6 is 11.3 Å². The van der Waals surface area contributed by atoms with E-state index in [0.717, 1.165) is 40.7 Å². The Bertz CT molecular complexity index is 1140. The second-order valence-corrected chi connectivity index (χ2v) is 10.8. The zero-order valence-electron chi connectivity index (χ0n) is 17.3. The van der Waals surface area contributed by atoms with Crippen molar-refractivity contribution in [2.45, 2.75) is 23.7 Å². The first-order valence-electron chi connectivity index (χ1n) is 10.1. The molecular weight excluding hydrogens is 430 g/mol. The maximum absolute atomic E-state index is 12.4. The number of rotatable bonds is 8. The molecule has 2 aromatic carbocycles. The van der Waals surface area contributed by atoms with Crippen LogP contribution in [0.5, 0.6) is 0 Å². The first-order chi connectivity index (χ1) is 14.9. The number of carbonyl (C=O) groups excluding carboxylic acids is 1. The standard InChI is InChI=1S/C23H25N3O3S2/c1-25(31(28,29)23-7-4-14-30-23)17-22(27)24-15-18-8-10-19(11-9-18)16-26-13-12-20-5-2-3-6-21(20)26/h2-11,14H,12-13,15-17H2,1H3,(H,24,27). The van der Waals surface area contributed by atoms with E-state index in [-0.39, 0.29) is 16.7 Å². The summed E-state index contributed by atoms with van der Waals surface area (Å²) in [5.74, 6) is -0.333. The minimum Gasteiger partial charge on any atom is -0.367 e. The van der Waals surface area contributed by atoms with Gasteiger partial charge in [-0.05, 0) is 40.6 Å². The van der Waals surface area contributed by atoms with Crippen molar-refractivity contribution in [2.24, 2.45) is 0 Å². The predicted molar refractivity (Wildman–Crippen MR) is 124 cm³/mol. The number of fused-ring (bicyclic) bond motifs is 1.